The average molecular weight is 573 g/mol. The second kappa shape index (κ2) is 9.62. The Morgan fingerprint density at radius 2 is 1.71 bits per heavy atom. The molecule has 0 radical (unpaired) electrons. The number of carboxylic acids is 1. The molecule has 230 valence electrons. The lowest BCUT2D eigenvalue weighted by Crippen LogP contribution is -2.65. The van der Waals surface area contributed by atoms with Crippen LogP contribution in [0.15, 0.2) is 23.8 Å². The Morgan fingerprint density at radius 3 is 2.41 bits per heavy atom. The summed E-state index contributed by atoms with van der Waals surface area (Å²) in [5, 5.41) is 41.2. The van der Waals surface area contributed by atoms with Gasteiger partial charge in [0.15, 0.2) is 6.29 Å². The molecule has 4 N–H and O–H groups in total. The maximum absolute atomic E-state index is 12.8. The van der Waals surface area contributed by atoms with Crippen LogP contribution in [-0.4, -0.2) is 63.7 Å². The van der Waals surface area contributed by atoms with E-state index in [9.17, 15) is 25.2 Å². The third kappa shape index (κ3) is 3.97. The van der Waals surface area contributed by atoms with Gasteiger partial charge in [0.2, 0.25) is 0 Å². The second-order valence-electron chi connectivity index (χ2n) is 16.0. The molecule has 1 aliphatic heterocycles. The molecule has 7 heteroatoms. The first-order valence-electron chi connectivity index (χ1n) is 16.0. The van der Waals surface area contributed by atoms with Crippen LogP contribution in [0.4, 0.5) is 0 Å². The van der Waals surface area contributed by atoms with E-state index in [0.29, 0.717) is 18.3 Å². The van der Waals surface area contributed by atoms with Gasteiger partial charge in [-0.05, 0) is 97.7 Å². The van der Waals surface area contributed by atoms with Crippen molar-refractivity contribution < 1.29 is 34.7 Å². The monoisotopic (exact) mass is 572 g/mol. The van der Waals surface area contributed by atoms with Crippen LogP contribution in [0.2, 0.25) is 0 Å². The van der Waals surface area contributed by atoms with Crippen LogP contribution in [-0.2, 0) is 14.3 Å². The van der Waals surface area contributed by atoms with Gasteiger partial charge in [-0.1, -0.05) is 58.4 Å². The molecular formula is C34H52O7. The zero-order valence-corrected chi connectivity index (χ0v) is 25.7. The summed E-state index contributed by atoms with van der Waals surface area (Å²) < 4.78 is 12.1. The standard InChI is InChI=1S/C34H52O7/c1-19-9-14-34(29(38)39)16-15-32(5)20(21(34)17-19)7-8-24-31(4)12-11-25(30(2,3)23(31)10-13-33(24,32)6)41-28-27(37)26(36)22(35)18-40-28/h7,21-28,35-37H,1,8-18H2,2-6H3,(H,38,39). The molecule has 1 saturated heterocycles. The molecule has 6 aliphatic rings. The predicted octanol–water partition coefficient (Wildman–Crippen LogP) is 5.23. The SMILES string of the molecule is C=C1CCC2(C(=O)O)CCC3(C)C(=CCC4C5(C)CCC(OC6OCC(O)C(O)C6O)C(C)(C)C5CCC43C)C2C1. The van der Waals surface area contributed by atoms with Gasteiger partial charge in [0.05, 0.1) is 18.1 Å². The van der Waals surface area contributed by atoms with E-state index in [1.54, 1.807) is 0 Å². The zero-order chi connectivity index (χ0) is 29.8. The van der Waals surface area contributed by atoms with Gasteiger partial charge >= 0.3 is 5.97 Å². The molecule has 7 nitrogen and oxygen atoms in total. The maximum atomic E-state index is 12.8. The Bertz CT molecular complexity index is 1130. The summed E-state index contributed by atoms with van der Waals surface area (Å²) in [4.78, 5) is 12.8. The van der Waals surface area contributed by atoms with Gasteiger partial charge in [-0.3, -0.25) is 4.79 Å². The smallest absolute Gasteiger partial charge is 0.310 e. The van der Waals surface area contributed by atoms with Gasteiger partial charge in [0.1, 0.15) is 18.3 Å². The number of carbonyl (C=O) groups is 1. The number of hydrogen-bond acceptors (Lipinski definition) is 6. The Hall–Kier alpha value is -1.25. The highest BCUT2D eigenvalue weighted by Crippen LogP contribution is 2.75. The van der Waals surface area contributed by atoms with Gasteiger partial charge in [-0.25, -0.2) is 0 Å². The molecule has 5 aliphatic carbocycles. The van der Waals surface area contributed by atoms with Crippen LogP contribution in [0.3, 0.4) is 0 Å². The van der Waals surface area contributed by atoms with Crippen molar-refractivity contribution in [1.82, 2.24) is 0 Å². The fraction of sp³-hybridized carbons (Fsp3) is 0.853. The third-order valence-electron chi connectivity index (χ3n) is 14.2. The minimum absolute atomic E-state index is 0.0281. The van der Waals surface area contributed by atoms with E-state index < -0.39 is 36.0 Å². The summed E-state index contributed by atoms with van der Waals surface area (Å²) >= 11 is 0. The van der Waals surface area contributed by atoms with Crippen molar-refractivity contribution in [2.24, 2.45) is 44.8 Å². The number of carboxylic acid groups (broad SMARTS) is 1. The first-order valence-corrected chi connectivity index (χ1v) is 16.0. The Kier molecular flexibility index (Phi) is 7.00. The van der Waals surface area contributed by atoms with Crippen molar-refractivity contribution in [3.05, 3.63) is 23.8 Å². The molecule has 0 amide bonds. The summed E-state index contributed by atoms with van der Waals surface area (Å²) in [5.41, 5.74) is 1.94. The van der Waals surface area contributed by atoms with Gasteiger partial charge in [-0.2, -0.15) is 0 Å². The minimum Gasteiger partial charge on any atom is -0.481 e. The number of aliphatic hydroxyl groups is 3. The zero-order valence-electron chi connectivity index (χ0n) is 25.7. The first-order chi connectivity index (χ1) is 19.1. The van der Waals surface area contributed by atoms with Crippen LogP contribution in [0.1, 0.15) is 98.8 Å². The molecule has 12 atom stereocenters. The lowest BCUT2D eigenvalue weighted by atomic mass is 9.34. The van der Waals surface area contributed by atoms with E-state index in [4.69, 9.17) is 9.47 Å². The third-order valence-corrected chi connectivity index (χ3v) is 14.2. The van der Waals surface area contributed by atoms with Crippen LogP contribution in [0.25, 0.3) is 0 Å². The summed E-state index contributed by atoms with van der Waals surface area (Å²) in [6.45, 7) is 16.3. The highest BCUT2D eigenvalue weighted by atomic mass is 16.7. The van der Waals surface area contributed by atoms with Gasteiger partial charge < -0.3 is 29.9 Å². The molecule has 0 bridgehead atoms. The van der Waals surface area contributed by atoms with Crippen molar-refractivity contribution in [3.8, 4) is 0 Å². The first kappa shape index (κ1) is 29.8. The van der Waals surface area contributed by atoms with E-state index in [0.717, 1.165) is 57.8 Å². The molecule has 0 spiro atoms. The summed E-state index contributed by atoms with van der Waals surface area (Å²) in [6.07, 6.45) is 6.80. The van der Waals surface area contributed by atoms with Crippen molar-refractivity contribution in [3.63, 3.8) is 0 Å². The van der Waals surface area contributed by atoms with Gasteiger partial charge in [0, 0.05) is 5.92 Å². The van der Waals surface area contributed by atoms with Gasteiger partial charge in [0.25, 0.3) is 0 Å². The number of aliphatic carboxylic acids is 1. The highest BCUT2D eigenvalue weighted by molar-refractivity contribution is 5.77. The largest absolute Gasteiger partial charge is 0.481 e. The summed E-state index contributed by atoms with van der Waals surface area (Å²) in [7, 11) is 0. The van der Waals surface area contributed by atoms with Crippen LogP contribution in [0, 0.1) is 44.8 Å². The fourth-order valence-electron chi connectivity index (χ4n) is 11.5. The average Bonchev–Trinajstić information content (AvgIpc) is 2.90. The highest BCUT2D eigenvalue weighted by Gasteiger charge is 2.69. The summed E-state index contributed by atoms with van der Waals surface area (Å²) in [6, 6.07) is 0. The molecule has 41 heavy (non-hydrogen) atoms. The number of rotatable bonds is 3. The molecule has 0 aromatic rings. The van der Waals surface area contributed by atoms with Crippen LogP contribution < -0.4 is 0 Å². The number of allylic oxidation sites excluding steroid dienone is 3. The van der Waals surface area contributed by atoms with E-state index in [1.807, 2.05) is 0 Å². The number of hydrogen-bond donors (Lipinski definition) is 4. The van der Waals surface area contributed by atoms with E-state index in [1.165, 1.54) is 11.1 Å². The summed E-state index contributed by atoms with van der Waals surface area (Å²) in [5.74, 6) is 0.341. The predicted molar refractivity (Wildman–Crippen MR) is 155 cm³/mol. The lowest BCUT2D eigenvalue weighted by Gasteiger charge is -2.71. The van der Waals surface area contributed by atoms with Crippen molar-refractivity contribution >= 4 is 5.97 Å². The molecule has 4 saturated carbocycles. The molecule has 0 aromatic carbocycles. The van der Waals surface area contributed by atoms with E-state index in [-0.39, 0.29) is 40.3 Å². The normalized spacial score (nSPS) is 52.8. The Morgan fingerprint density at radius 1 is 0.976 bits per heavy atom. The quantitative estimate of drug-likeness (QED) is 0.270. The number of ether oxygens (including phenoxy) is 2. The number of fused-ring (bicyclic) bond motifs is 7. The Labute approximate surface area is 245 Å². The molecule has 1 heterocycles. The van der Waals surface area contributed by atoms with E-state index in [2.05, 4.69) is 47.3 Å². The van der Waals surface area contributed by atoms with Crippen LogP contribution in [0.5, 0.6) is 0 Å². The fourth-order valence-corrected chi connectivity index (χ4v) is 11.5. The molecule has 5 fully saturated rings. The van der Waals surface area contributed by atoms with Crippen LogP contribution >= 0.6 is 0 Å². The molecular weight excluding hydrogens is 520 g/mol. The van der Waals surface area contributed by atoms with Gasteiger partial charge in [-0.15, -0.1) is 0 Å². The van der Waals surface area contributed by atoms with Crippen molar-refractivity contribution in [1.29, 1.82) is 0 Å². The molecule has 0 aromatic heterocycles. The van der Waals surface area contributed by atoms with E-state index >= 15 is 0 Å². The molecule has 12 unspecified atom stereocenters. The second-order valence-corrected chi connectivity index (χ2v) is 16.0. The lowest BCUT2D eigenvalue weighted by molar-refractivity contribution is -0.308. The van der Waals surface area contributed by atoms with Crippen molar-refractivity contribution in [2.75, 3.05) is 6.61 Å². The molecule has 6 rings (SSSR count). The topological polar surface area (TPSA) is 116 Å². The maximum Gasteiger partial charge on any atom is 0.310 e. The number of aliphatic hydroxyl groups excluding tert-OH is 3. The Balaban J connectivity index is 1.30. The van der Waals surface area contributed by atoms with Crippen molar-refractivity contribution in [2.45, 2.75) is 130 Å². The minimum atomic E-state index is -1.28.